The van der Waals surface area contributed by atoms with Crippen molar-refractivity contribution in [3.8, 4) is 0 Å². The number of hydrogen-bond acceptors (Lipinski definition) is 3. The summed E-state index contributed by atoms with van der Waals surface area (Å²) in [7, 11) is 0. The second-order valence-corrected chi connectivity index (χ2v) is 6.93. The molecule has 1 aromatic rings. The van der Waals surface area contributed by atoms with Gasteiger partial charge in [0, 0.05) is 44.8 Å². The van der Waals surface area contributed by atoms with Crippen LogP contribution in [0.5, 0.6) is 0 Å². The molecule has 1 atom stereocenters. The van der Waals surface area contributed by atoms with E-state index < -0.39 is 0 Å². The Kier molecular flexibility index (Phi) is 5.68. The standard InChI is InChI=1S/C19H29N3O/c1-15(23)21-18-9-7-17(8-10-18)19(16-5-3-2-4-6-16)22-13-11-20-12-14-22/h7-10,16,19-20H,2-6,11-14H2,1H3,(H,21,23)/t19-/m1/s1. The second-order valence-electron chi connectivity index (χ2n) is 6.93. The summed E-state index contributed by atoms with van der Waals surface area (Å²) in [6, 6.07) is 9.06. The first kappa shape index (κ1) is 16.5. The molecule has 1 saturated carbocycles. The van der Waals surface area contributed by atoms with Crippen molar-refractivity contribution in [1.82, 2.24) is 10.2 Å². The number of piperazine rings is 1. The quantitative estimate of drug-likeness (QED) is 0.897. The maximum Gasteiger partial charge on any atom is 0.221 e. The number of rotatable bonds is 4. The Balaban J connectivity index is 1.79. The van der Waals surface area contributed by atoms with Gasteiger partial charge in [-0.2, -0.15) is 0 Å². The molecule has 1 aliphatic carbocycles. The molecule has 23 heavy (non-hydrogen) atoms. The van der Waals surface area contributed by atoms with E-state index in [1.807, 2.05) is 0 Å². The molecule has 2 N–H and O–H groups in total. The van der Waals surface area contributed by atoms with Gasteiger partial charge in [-0.15, -0.1) is 0 Å². The summed E-state index contributed by atoms with van der Waals surface area (Å²) in [4.78, 5) is 13.9. The summed E-state index contributed by atoms with van der Waals surface area (Å²) in [5, 5.41) is 6.33. The third-order valence-corrected chi connectivity index (χ3v) is 5.21. The molecule has 3 rings (SSSR count). The van der Waals surface area contributed by atoms with Crippen LogP contribution in [-0.4, -0.2) is 37.0 Å². The minimum Gasteiger partial charge on any atom is -0.326 e. The summed E-state index contributed by atoms with van der Waals surface area (Å²) in [6.07, 6.45) is 6.84. The average molecular weight is 315 g/mol. The fourth-order valence-electron chi connectivity index (χ4n) is 4.16. The lowest BCUT2D eigenvalue weighted by molar-refractivity contribution is -0.114. The van der Waals surface area contributed by atoms with Crippen molar-refractivity contribution in [2.24, 2.45) is 5.92 Å². The normalized spacial score (nSPS) is 21.8. The highest BCUT2D eigenvalue weighted by molar-refractivity contribution is 5.88. The van der Waals surface area contributed by atoms with Crippen LogP contribution in [0.1, 0.15) is 50.6 Å². The molecule has 0 bridgehead atoms. The van der Waals surface area contributed by atoms with Gasteiger partial charge in [-0.25, -0.2) is 0 Å². The van der Waals surface area contributed by atoms with Crippen LogP contribution in [0.2, 0.25) is 0 Å². The zero-order chi connectivity index (χ0) is 16.1. The van der Waals surface area contributed by atoms with E-state index >= 15 is 0 Å². The van der Waals surface area contributed by atoms with Gasteiger partial charge < -0.3 is 10.6 Å². The number of benzene rings is 1. The van der Waals surface area contributed by atoms with E-state index in [2.05, 4.69) is 39.8 Å². The number of amides is 1. The number of carbonyl (C=O) groups excluding carboxylic acids is 1. The van der Waals surface area contributed by atoms with Crippen molar-refractivity contribution in [1.29, 1.82) is 0 Å². The van der Waals surface area contributed by atoms with Gasteiger partial charge in [0.1, 0.15) is 0 Å². The van der Waals surface area contributed by atoms with Gasteiger partial charge in [0.2, 0.25) is 5.91 Å². The highest BCUT2D eigenvalue weighted by Crippen LogP contribution is 2.38. The van der Waals surface area contributed by atoms with E-state index in [-0.39, 0.29) is 5.91 Å². The molecule has 1 aliphatic heterocycles. The number of carbonyl (C=O) groups is 1. The van der Waals surface area contributed by atoms with Gasteiger partial charge in [0.25, 0.3) is 0 Å². The Morgan fingerprint density at radius 2 is 1.78 bits per heavy atom. The monoisotopic (exact) mass is 315 g/mol. The van der Waals surface area contributed by atoms with Crippen LogP contribution in [0, 0.1) is 5.92 Å². The predicted octanol–water partition coefficient (Wildman–Crippen LogP) is 3.17. The Morgan fingerprint density at radius 1 is 1.13 bits per heavy atom. The summed E-state index contributed by atoms with van der Waals surface area (Å²) in [5.41, 5.74) is 2.30. The van der Waals surface area contributed by atoms with E-state index in [1.54, 1.807) is 6.92 Å². The van der Waals surface area contributed by atoms with Crippen molar-refractivity contribution >= 4 is 11.6 Å². The van der Waals surface area contributed by atoms with Crippen LogP contribution in [0.4, 0.5) is 5.69 Å². The lowest BCUT2D eigenvalue weighted by Crippen LogP contribution is -2.47. The molecule has 1 amide bonds. The molecule has 2 aliphatic rings. The molecule has 0 aromatic heterocycles. The van der Waals surface area contributed by atoms with Gasteiger partial charge in [-0.1, -0.05) is 31.4 Å². The molecular weight excluding hydrogens is 286 g/mol. The summed E-state index contributed by atoms with van der Waals surface area (Å²) >= 11 is 0. The maximum atomic E-state index is 11.2. The minimum atomic E-state index is -0.0105. The lowest BCUT2D eigenvalue weighted by atomic mass is 9.80. The first-order chi connectivity index (χ1) is 11.2. The van der Waals surface area contributed by atoms with Crippen molar-refractivity contribution in [3.05, 3.63) is 29.8 Å². The third-order valence-electron chi connectivity index (χ3n) is 5.21. The van der Waals surface area contributed by atoms with Crippen LogP contribution in [-0.2, 0) is 4.79 Å². The van der Waals surface area contributed by atoms with Crippen LogP contribution < -0.4 is 10.6 Å². The molecule has 0 unspecified atom stereocenters. The molecule has 4 nitrogen and oxygen atoms in total. The first-order valence-electron chi connectivity index (χ1n) is 9.06. The Bertz CT molecular complexity index is 484. The highest BCUT2D eigenvalue weighted by atomic mass is 16.1. The zero-order valence-corrected chi connectivity index (χ0v) is 14.2. The molecule has 0 radical (unpaired) electrons. The highest BCUT2D eigenvalue weighted by Gasteiger charge is 2.30. The number of hydrogen-bond donors (Lipinski definition) is 2. The average Bonchev–Trinajstić information content (AvgIpc) is 2.58. The Labute approximate surface area is 139 Å². The van der Waals surface area contributed by atoms with Gasteiger partial charge in [-0.05, 0) is 36.5 Å². The molecule has 4 heteroatoms. The topological polar surface area (TPSA) is 44.4 Å². The summed E-state index contributed by atoms with van der Waals surface area (Å²) in [6.45, 7) is 6.00. The van der Waals surface area contributed by atoms with Gasteiger partial charge in [0.05, 0.1) is 0 Å². The van der Waals surface area contributed by atoms with Crippen molar-refractivity contribution in [3.63, 3.8) is 0 Å². The molecule has 126 valence electrons. The number of nitrogens with zero attached hydrogens (tertiary/aromatic N) is 1. The molecule has 1 aromatic carbocycles. The van der Waals surface area contributed by atoms with Crippen LogP contribution >= 0.6 is 0 Å². The first-order valence-corrected chi connectivity index (χ1v) is 9.06. The Hall–Kier alpha value is -1.39. The summed E-state index contributed by atoms with van der Waals surface area (Å²) < 4.78 is 0. The van der Waals surface area contributed by atoms with Crippen molar-refractivity contribution < 1.29 is 4.79 Å². The number of nitrogens with one attached hydrogen (secondary N) is 2. The fraction of sp³-hybridized carbons (Fsp3) is 0.632. The van der Waals surface area contributed by atoms with Crippen molar-refractivity contribution in [2.45, 2.75) is 45.1 Å². The van der Waals surface area contributed by atoms with E-state index in [0.29, 0.717) is 6.04 Å². The van der Waals surface area contributed by atoms with Gasteiger partial charge >= 0.3 is 0 Å². The van der Waals surface area contributed by atoms with Crippen molar-refractivity contribution in [2.75, 3.05) is 31.5 Å². The largest absolute Gasteiger partial charge is 0.326 e. The second kappa shape index (κ2) is 7.93. The molecule has 1 heterocycles. The lowest BCUT2D eigenvalue weighted by Gasteiger charge is -2.41. The fourth-order valence-corrected chi connectivity index (χ4v) is 4.16. The van der Waals surface area contributed by atoms with Crippen LogP contribution in [0.3, 0.4) is 0 Å². The summed E-state index contributed by atoms with van der Waals surface area (Å²) in [5.74, 6) is 0.761. The molecule has 0 spiro atoms. The van der Waals surface area contributed by atoms with E-state index in [1.165, 1.54) is 37.7 Å². The van der Waals surface area contributed by atoms with Crippen LogP contribution in [0.25, 0.3) is 0 Å². The van der Waals surface area contributed by atoms with Gasteiger partial charge in [0.15, 0.2) is 0 Å². The molecular formula is C19H29N3O. The third kappa shape index (κ3) is 4.33. The van der Waals surface area contributed by atoms with Gasteiger partial charge in [-0.3, -0.25) is 9.69 Å². The molecule has 1 saturated heterocycles. The number of anilines is 1. The Morgan fingerprint density at radius 3 is 2.39 bits per heavy atom. The van der Waals surface area contributed by atoms with E-state index in [0.717, 1.165) is 37.8 Å². The smallest absolute Gasteiger partial charge is 0.221 e. The SMILES string of the molecule is CC(=O)Nc1ccc([C@@H](C2CCCCC2)N2CCNCC2)cc1. The predicted molar refractivity (Wildman–Crippen MR) is 94.5 cm³/mol. The van der Waals surface area contributed by atoms with Crippen LogP contribution in [0.15, 0.2) is 24.3 Å². The maximum absolute atomic E-state index is 11.2. The zero-order valence-electron chi connectivity index (χ0n) is 14.2. The minimum absolute atomic E-state index is 0.0105. The van der Waals surface area contributed by atoms with E-state index in [4.69, 9.17) is 0 Å². The molecule has 2 fully saturated rings. The van der Waals surface area contributed by atoms with E-state index in [9.17, 15) is 4.79 Å².